The summed E-state index contributed by atoms with van der Waals surface area (Å²) >= 11 is 1.71. The molecule has 0 saturated carbocycles. The number of hydrogen-bond acceptors (Lipinski definition) is 3. The molecule has 2 amide bonds. The Bertz CT molecular complexity index is 176. The number of urea groups is 1. The van der Waals surface area contributed by atoms with Crippen LogP contribution in [0.5, 0.6) is 0 Å². The van der Waals surface area contributed by atoms with E-state index < -0.39 is 0 Å². The van der Waals surface area contributed by atoms with Crippen molar-refractivity contribution in [1.82, 2.24) is 10.6 Å². The van der Waals surface area contributed by atoms with Crippen LogP contribution in [0.25, 0.3) is 0 Å². The number of carbonyl (C=O) groups excluding carboxylic acids is 1. The van der Waals surface area contributed by atoms with Crippen LogP contribution in [0.1, 0.15) is 6.92 Å². The van der Waals surface area contributed by atoms with Crippen LogP contribution in [0.15, 0.2) is 12.7 Å². The number of rotatable bonds is 7. The summed E-state index contributed by atoms with van der Waals surface area (Å²) in [5.74, 6) is 1.77. The molecule has 3 N–H and O–H groups in total. The third-order valence-corrected chi connectivity index (χ3v) is 2.38. The SMILES string of the molecule is C=CCSCCNC(=O)NC(C)CO. The second-order valence-corrected chi connectivity index (χ2v) is 4.00. The van der Waals surface area contributed by atoms with Crippen LogP contribution in [0.4, 0.5) is 4.79 Å². The molecule has 4 nitrogen and oxygen atoms in total. The van der Waals surface area contributed by atoms with Gasteiger partial charge in [0.05, 0.1) is 12.6 Å². The molecule has 0 fully saturated rings. The Kier molecular flexibility index (Phi) is 8.47. The molecule has 0 aliphatic rings. The molecule has 1 atom stereocenters. The van der Waals surface area contributed by atoms with Gasteiger partial charge in [0.15, 0.2) is 0 Å². The Hall–Kier alpha value is -0.680. The second kappa shape index (κ2) is 8.90. The first-order valence-electron chi connectivity index (χ1n) is 4.54. The number of aliphatic hydroxyl groups is 1. The minimum absolute atomic E-state index is 0.0430. The van der Waals surface area contributed by atoms with Gasteiger partial charge in [-0.3, -0.25) is 0 Å². The van der Waals surface area contributed by atoms with E-state index >= 15 is 0 Å². The maximum absolute atomic E-state index is 11.1. The minimum Gasteiger partial charge on any atom is -0.394 e. The van der Waals surface area contributed by atoms with Crippen molar-refractivity contribution in [2.24, 2.45) is 0 Å². The van der Waals surface area contributed by atoms with Crippen LogP contribution in [0.2, 0.25) is 0 Å². The highest BCUT2D eigenvalue weighted by Crippen LogP contribution is 1.96. The van der Waals surface area contributed by atoms with Crippen LogP contribution >= 0.6 is 11.8 Å². The third kappa shape index (κ3) is 7.94. The molecular formula is C9H18N2O2S. The molecular weight excluding hydrogens is 200 g/mol. The van der Waals surface area contributed by atoms with Gasteiger partial charge in [-0.25, -0.2) is 4.79 Å². The Morgan fingerprint density at radius 2 is 2.43 bits per heavy atom. The topological polar surface area (TPSA) is 61.4 Å². The van der Waals surface area contributed by atoms with Crippen LogP contribution in [-0.4, -0.2) is 41.8 Å². The molecule has 0 aromatic heterocycles. The number of hydrogen-bond donors (Lipinski definition) is 3. The van der Waals surface area contributed by atoms with E-state index in [0.29, 0.717) is 6.54 Å². The van der Waals surface area contributed by atoms with E-state index in [9.17, 15) is 4.79 Å². The summed E-state index contributed by atoms with van der Waals surface area (Å²) in [6, 6.07) is -0.429. The molecule has 0 heterocycles. The molecule has 5 heteroatoms. The lowest BCUT2D eigenvalue weighted by Gasteiger charge is -2.11. The van der Waals surface area contributed by atoms with E-state index in [2.05, 4.69) is 17.2 Å². The van der Waals surface area contributed by atoms with Crippen molar-refractivity contribution in [2.45, 2.75) is 13.0 Å². The summed E-state index contributed by atoms with van der Waals surface area (Å²) in [7, 11) is 0. The predicted octanol–water partition coefficient (Wildman–Crippen LogP) is 0.586. The predicted molar refractivity (Wildman–Crippen MR) is 60.6 cm³/mol. The average Bonchev–Trinajstić information content (AvgIpc) is 2.17. The first-order valence-corrected chi connectivity index (χ1v) is 5.70. The van der Waals surface area contributed by atoms with Crippen molar-refractivity contribution in [3.63, 3.8) is 0 Å². The van der Waals surface area contributed by atoms with Crippen LogP contribution in [0.3, 0.4) is 0 Å². The molecule has 0 spiro atoms. The van der Waals surface area contributed by atoms with E-state index in [0.717, 1.165) is 11.5 Å². The Balaban J connectivity index is 3.31. The smallest absolute Gasteiger partial charge is 0.315 e. The van der Waals surface area contributed by atoms with E-state index in [4.69, 9.17) is 5.11 Å². The highest BCUT2D eigenvalue weighted by atomic mass is 32.2. The average molecular weight is 218 g/mol. The van der Waals surface area contributed by atoms with Gasteiger partial charge in [-0.15, -0.1) is 6.58 Å². The second-order valence-electron chi connectivity index (χ2n) is 2.85. The number of carbonyl (C=O) groups is 1. The largest absolute Gasteiger partial charge is 0.394 e. The zero-order valence-corrected chi connectivity index (χ0v) is 9.27. The van der Waals surface area contributed by atoms with Crippen LogP contribution < -0.4 is 10.6 Å². The summed E-state index contributed by atoms with van der Waals surface area (Å²) < 4.78 is 0. The number of amides is 2. The van der Waals surface area contributed by atoms with Crippen molar-refractivity contribution in [3.8, 4) is 0 Å². The fourth-order valence-electron chi connectivity index (χ4n) is 0.724. The van der Waals surface area contributed by atoms with Gasteiger partial charge < -0.3 is 15.7 Å². The zero-order chi connectivity index (χ0) is 10.8. The highest BCUT2D eigenvalue weighted by Gasteiger charge is 2.03. The van der Waals surface area contributed by atoms with E-state index in [1.165, 1.54) is 0 Å². The normalized spacial score (nSPS) is 11.9. The van der Waals surface area contributed by atoms with Crippen LogP contribution in [0, 0.1) is 0 Å². The highest BCUT2D eigenvalue weighted by molar-refractivity contribution is 7.99. The molecule has 82 valence electrons. The maximum atomic E-state index is 11.1. The Labute approximate surface area is 89.1 Å². The van der Waals surface area contributed by atoms with E-state index in [1.807, 2.05) is 6.08 Å². The summed E-state index contributed by atoms with van der Waals surface area (Å²) in [5.41, 5.74) is 0. The van der Waals surface area contributed by atoms with Crippen molar-refractivity contribution >= 4 is 17.8 Å². The molecule has 0 aromatic carbocycles. The molecule has 0 bridgehead atoms. The maximum Gasteiger partial charge on any atom is 0.315 e. The van der Waals surface area contributed by atoms with Crippen LogP contribution in [-0.2, 0) is 0 Å². The quantitative estimate of drug-likeness (QED) is 0.433. The first-order chi connectivity index (χ1) is 6.70. The minimum atomic E-state index is -0.231. The van der Waals surface area contributed by atoms with Crippen molar-refractivity contribution in [3.05, 3.63) is 12.7 Å². The molecule has 0 radical (unpaired) electrons. The summed E-state index contributed by atoms with van der Waals surface area (Å²) in [4.78, 5) is 11.1. The number of aliphatic hydroxyl groups excluding tert-OH is 1. The van der Waals surface area contributed by atoms with Gasteiger partial charge in [0.1, 0.15) is 0 Å². The lowest BCUT2D eigenvalue weighted by atomic mass is 10.4. The molecule has 0 rings (SSSR count). The first kappa shape index (κ1) is 13.3. The van der Waals surface area contributed by atoms with Gasteiger partial charge in [-0.05, 0) is 6.92 Å². The number of nitrogens with one attached hydrogen (secondary N) is 2. The zero-order valence-electron chi connectivity index (χ0n) is 8.45. The molecule has 1 unspecified atom stereocenters. The summed E-state index contributed by atoms with van der Waals surface area (Å²) in [6.45, 7) is 5.92. The Morgan fingerprint density at radius 3 is 3.00 bits per heavy atom. The standard InChI is InChI=1S/C9H18N2O2S/c1-3-5-14-6-4-10-9(13)11-8(2)7-12/h3,8,12H,1,4-7H2,2H3,(H2,10,11,13). The van der Waals surface area contributed by atoms with Gasteiger partial charge in [0, 0.05) is 18.1 Å². The fourth-order valence-corrected chi connectivity index (χ4v) is 1.30. The third-order valence-electron chi connectivity index (χ3n) is 1.42. The monoisotopic (exact) mass is 218 g/mol. The molecule has 14 heavy (non-hydrogen) atoms. The molecule has 0 aromatic rings. The lowest BCUT2D eigenvalue weighted by molar-refractivity contribution is 0.221. The summed E-state index contributed by atoms with van der Waals surface area (Å²) in [5, 5.41) is 13.9. The Morgan fingerprint density at radius 1 is 1.71 bits per heavy atom. The molecule has 0 saturated heterocycles. The van der Waals surface area contributed by atoms with Crippen molar-refractivity contribution in [1.29, 1.82) is 0 Å². The van der Waals surface area contributed by atoms with Gasteiger partial charge in [0.2, 0.25) is 0 Å². The van der Waals surface area contributed by atoms with Gasteiger partial charge in [-0.2, -0.15) is 11.8 Å². The van der Waals surface area contributed by atoms with Gasteiger partial charge in [-0.1, -0.05) is 6.08 Å². The van der Waals surface area contributed by atoms with Crippen molar-refractivity contribution in [2.75, 3.05) is 24.7 Å². The van der Waals surface area contributed by atoms with E-state index in [-0.39, 0.29) is 18.7 Å². The number of thioether (sulfide) groups is 1. The molecule has 0 aliphatic heterocycles. The van der Waals surface area contributed by atoms with Gasteiger partial charge >= 0.3 is 6.03 Å². The van der Waals surface area contributed by atoms with Crippen molar-refractivity contribution < 1.29 is 9.90 Å². The lowest BCUT2D eigenvalue weighted by Crippen LogP contribution is -2.42. The molecule has 0 aliphatic carbocycles. The van der Waals surface area contributed by atoms with E-state index in [1.54, 1.807) is 18.7 Å². The van der Waals surface area contributed by atoms with Gasteiger partial charge in [0.25, 0.3) is 0 Å². The summed E-state index contributed by atoms with van der Waals surface area (Å²) in [6.07, 6.45) is 1.83. The fraction of sp³-hybridized carbons (Fsp3) is 0.667.